The maximum atomic E-state index is 12.0. The van der Waals surface area contributed by atoms with Crippen LogP contribution in [0.1, 0.15) is 16.1 Å². The summed E-state index contributed by atoms with van der Waals surface area (Å²) in [6.07, 6.45) is 1.57. The van der Waals surface area contributed by atoms with Gasteiger partial charge in [0.25, 0.3) is 0 Å². The monoisotopic (exact) mass is 420 g/mol. The highest BCUT2D eigenvalue weighted by atomic mass is 79.9. The molecule has 0 saturated heterocycles. The fourth-order valence-corrected chi connectivity index (χ4v) is 2.69. The normalized spacial score (nSPS) is 11.2. The predicted octanol–water partition coefficient (Wildman–Crippen LogP) is 4.72. The number of amides is 1. The van der Waals surface area contributed by atoms with Crippen molar-refractivity contribution in [2.75, 3.05) is 0 Å². The third kappa shape index (κ3) is 3.28. The number of nitrogens with zero attached hydrogens (tertiary/aromatic N) is 1. The number of benzene rings is 2. The third-order valence-corrected chi connectivity index (χ3v) is 4.19. The van der Waals surface area contributed by atoms with Crippen LogP contribution in [0.2, 0.25) is 0 Å². The smallest absolute Gasteiger partial charge is 0.307 e. The Morgan fingerprint density at radius 1 is 1.14 bits per heavy atom. The first kappa shape index (κ1) is 15.0. The van der Waals surface area contributed by atoms with Gasteiger partial charge in [0, 0.05) is 19.9 Å². The van der Waals surface area contributed by atoms with Gasteiger partial charge in [0.1, 0.15) is 5.58 Å². The summed E-state index contributed by atoms with van der Waals surface area (Å²) in [5.74, 6) is -0.173. The average molecular weight is 422 g/mol. The summed E-state index contributed by atoms with van der Waals surface area (Å²) in [7, 11) is 0. The Kier molecular flexibility index (Phi) is 4.40. The molecule has 0 aliphatic heterocycles. The van der Waals surface area contributed by atoms with Crippen LogP contribution < -0.4 is 5.43 Å². The van der Waals surface area contributed by atoms with Crippen molar-refractivity contribution in [1.29, 1.82) is 0 Å². The number of furan rings is 1. The average Bonchev–Trinajstić information content (AvgIpc) is 2.92. The molecule has 110 valence electrons. The molecule has 0 radical (unpaired) electrons. The van der Waals surface area contributed by atoms with E-state index in [9.17, 15) is 4.79 Å². The first-order chi connectivity index (χ1) is 10.6. The fraction of sp³-hybridized carbons (Fsp3) is 0. The highest BCUT2D eigenvalue weighted by Gasteiger charge is 2.11. The minimum atomic E-state index is -0.393. The first-order valence-corrected chi connectivity index (χ1v) is 7.99. The molecule has 22 heavy (non-hydrogen) atoms. The molecule has 1 heterocycles. The maximum Gasteiger partial charge on any atom is 0.307 e. The van der Waals surface area contributed by atoms with Crippen molar-refractivity contribution in [1.82, 2.24) is 5.43 Å². The number of hydrogen-bond donors (Lipinski definition) is 1. The fourth-order valence-electron chi connectivity index (χ4n) is 1.92. The number of rotatable bonds is 3. The van der Waals surface area contributed by atoms with E-state index < -0.39 is 5.91 Å². The van der Waals surface area contributed by atoms with Crippen LogP contribution >= 0.6 is 31.9 Å². The quantitative estimate of drug-likeness (QED) is 0.491. The van der Waals surface area contributed by atoms with Crippen molar-refractivity contribution in [2.24, 2.45) is 5.10 Å². The minimum Gasteiger partial charge on any atom is -0.451 e. The molecule has 2 aromatic carbocycles. The van der Waals surface area contributed by atoms with Gasteiger partial charge < -0.3 is 4.42 Å². The first-order valence-electron chi connectivity index (χ1n) is 6.40. The molecule has 0 aliphatic carbocycles. The molecule has 3 aromatic rings. The lowest BCUT2D eigenvalue weighted by atomic mass is 10.2. The van der Waals surface area contributed by atoms with Crippen LogP contribution in [0.5, 0.6) is 0 Å². The minimum absolute atomic E-state index is 0.220. The van der Waals surface area contributed by atoms with E-state index in [0.717, 1.165) is 19.9 Å². The van der Waals surface area contributed by atoms with Gasteiger partial charge in [-0.2, -0.15) is 5.10 Å². The zero-order valence-corrected chi connectivity index (χ0v) is 14.4. The van der Waals surface area contributed by atoms with Crippen molar-refractivity contribution in [3.05, 3.63) is 68.8 Å². The largest absolute Gasteiger partial charge is 0.451 e. The lowest BCUT2D eigenvalue weighted by molar-refractivity contribution is 0.0929. The van der Waals surface area contributed by atoms with Crippen LogP contribution in [0, 0.1) is 0 Å². The zero-order chi connectivity index (χ0) is 15.5. The molecule has 0 spiro atoms. The van der Waals surface area contributed by atoms with E-state index in [1.807, 2.05) is 36.4 Å². The van der Waals surface area contributed by atoms with Crippen LogP contribution in [0.25, 0.3) is 11.0 Å². The highest BCUT2D eigenvalue weighted by molar-refractivity contribution is 9.10. The van der Waals surface area contributed by atoms with Gasteiger partial charge in [-0.1, -0.05) is 50.1 Å². The summed E-state index contributed by atoms with van der Waals surface area (Å²) in [5.41, 5.74) is 3.98. The molecule has 1 N–H and O–H groups in total. The van der Waals surface area contributed by atoms with Crippen molar-refractivity contribution in [2.45, 2.75) is 0 Å². The Balaban J connectivity index is 1.75. The van der Waals surface area contributed by atoms with E-state index >= 15 is 0 Å². The second kappa shape index (κ2) is 6.46. The number of carbonyl (C=O) groups excluding carboxylic acids is 1. The van der Waals surface area contributed by atoms with E-state index in [2.05, 4.69) is 42.4 Å². The van der Waals surface area contributed by atoms with E-state index in [1.165, 1.54) is 0 Å². The van der Waals surface area contributed by atoms with E-state index in [4.69, 9.17) is 4.42 Å². The molecule has 0 unspecified atom stereocenters. The van der Waals surface area contributed by atoms with E-state index in [0.29, 0.717) is 5.58 Å². The molecule has 4 nitrogen and oxygen atoms in total. The molecule has 3 rings (SSSR count). The number of carbonyl (C=O) groups is 1. The third-order valence-electron chi connectivity index (χ3n) is 2.98. The number of nitrogens with one attached hydrogen (secondary N) is 1. The van der Waals surface area contributed by atoms with Crippen molar-refractivity contribution in [3.8, 4) is 0 Å². The molecular formula is C16H10Br2N2O2. The maximum absolute atomic E-state index is 12.0. The highest BCUT2D eigenvalue weighted by Crippen LogP contribution is 2.23. The van der Waals surface area contributed by atoms with Crippen molar-refractivity contribution < 1.29 is 9.21 Å². The van der Waals surface area contributed by atoms with Crippen molar-refractivity contribution in [3.63, 3.8) is 0 Å². The lowest BCUT2D eigenvalue weighted by Crippen LogP contribution is -2.16. The number of hydrazone groups is 1. The van der Waals surface area contributed by atoms with Crippen LogP contribution in [0.15, 0.2) is 67.0 Å². The van der Waals surface area contributed by atoms with Crippen molar-refractivity contribution >= 4 is 55.0 Å². The SMILES string of the molecule is O=C(NN=Cc1ccccc1Br)c1cc2cc(Br)ccc2o1. The van der Waals surface area contributed by atoms with E-state index in [-0.39, 0.29) is 5.76 Å². The van der Waals surface area contributed by atoms with Gasteiger partial charge in [0.05, 0.1) is 6.21 Å². The van der Waals surface area contributed by atoms with Gasteiger partial charge in [-0.05, 0) is 30.3 Å². The van der Waals surface area contributed by atoms with Gasteiger partial charge in [-0.25, -0.2) is 5.43 Å². The Labute approximate surface area is 143 Å². The zero-order valence-electron chi connectivity index (χ0n) is 11.2. The number of fused-ring (bicyclic) bond motifs is 1. The molecule has 0 bridgehead atoms. The van der Waals surface area contributed by atoms with Crippen LogP contribution in [-0.2, 0) is 0 Å². The van der Waals surface area contributed by atoms with Gasteiger partial charge >= 0.3 is 5.91 Å². The van der Waals surface area contributed by atoms with Gasteiger partial charge in [-0.15, -0.1) is 0 Å². The summed E-state index contributed by atoms with van der Waals surface area (Å²) < 4.78 is 7.33. The summed E-state index contributed by atoms with van der Waals surface area (Å²) in [6, 6.07) is 14.8. The molecule has 1 amide bonds. The molecular weight excluding hydrogens is 412 g/mol. The molecule has 0 fully saturated rings. The second-order valence-corrected chi connectivity index (χ2v) is 6.28. The molecule has 1 aromatic heterocycles. The lowest BCUT2D eigenvalue weighted by Gasteiger charge is -1.97. The van der Waals surface area contributed by atoms with E-state index in [1.54, 1.807) is 18.3 Å². The number of hydrogen-bond acceptors (Lipinski definition) is 3. The standard InChI is InChI=1S/C16H10Br2N2O2/c17-12-5-6-14-11(7-12)8-15(22-14)16(21)20-19-9-10-3-1-2-4-13(10)18/h1-9H,(H,20,21). The molecule has 0 atom stereocenters. The Morgan fingerprint density at radius 2 is 1.95 bits per heavy atom. The Morgan fingerprint density at radius 3 is 2.77 bits per heavy atom. The van der Waals surface area contributed by atoms with Gasteiger partial charge in [0.15, 0.2) is 5.76 Å². The molecule has 6 heteroatoms. The Bertz CT molecular complexity index is 871. The summed E-state index contributed by atoms with van der Waals surface area (Å²) >= 11 is 6.79. The van der Waals surface area contributed by atoms with Crippen LogP contribution in [0.4, 0.5) is 0 Å². The van der Waals surface area contributed by atoms with Gasteiger partial charge in [0.2, 0.25) is 0 Å². The van der Waals surface area contributed by atoms with Gasteiger partial charge in [-0.3, -0.25) is 4.79 Å². The van der Waals surface area contributed by atoms with Crippen LogP contribution in [0.3, 0.4) is 0 Å². The summed E-state index contributed by atoms with van der Waals surface area (Å²) in [4.78, 5) is 12.0. The topological polar surface area (TPSA) is 54.6 Å². The number of halogens is 2. The molecule has 0 saturated carbocycles. The molecule has 0 aliphatic rings. The van der Waals surface area contributed by atoms with Crippen LogP contribution in [-0.4, -0.2) is 12.1 Å². The summed E-state index contributed by atoms with van der Waals surface area (Å²) in [6.45, 7) is 0. The predicted molar refractivity (Wildman–Crippen MR) is 93.1 cm³/mol. The second-order valence-electron chi connectivity index (χ2n) is 4.51. The Hall–Kier alpha value is -1.92. The summed E-state index contributed by atoms with van der Waals surface area (Å²) in [5, 5.41) is 4.80.